The van der Waals surface area contributed by atoms with Gasteiger partial charge in [0.15, 0.2) is 0 Å². The van der Waals surface area contributed by atoms with Crippen LogP contribution in [0.3, 0.4) is 0 Å². The smallest absolute Gasteiger partial charge is 0.0716 e. The molecule has 2 aromatic carbocycles. The number of anilines is 1. The molecule has 4 nitrogen and oxygen atoms in total. The second-order valence-electron chi connectivity index (χ2n) is 5.53. The van der Waals surface area contributed by atoms with E-state index in [1.54, 1.807) is 14.2 Å². The van der Waals surface area contributed by atoms with Crippen molar-refractivity contribution in [2.75, 3.05) is 20.0 Å². The Kier molecular flexibility index (Phi) is 8.13. The summed E-state index contributed by atoms with van der Waals surface area (Å²) >= 11 is 0. The fraction of sp³-hybridized carbons (Fsp3) is 0.211. The van der Waals surface area contributed by atoms with Crippen molar-refractivity contribution in [1.29, 1.82) is 0 Å². The maximum absolute atomic E-state index is 5.87. The van der Waals surface area contributed by atoms with Crippen LogP contribution in [0.25, 0.3) is 22.0 Å². The number of ether oxygens (including phenoxy) is 2. The van der Waals surface area contributed by atoms with E-state index in [4.69, 9.17) is 15.2 Å². The second kappa shape index (κ2) is 9.59. The van der Waals surface area contributed by atoms with Gasteiger partial charge in [-0.3, -0.25) is 4.98 Å². The number of nitrogens with zero attached hydrogens (tertiary/aromatic N) is 1. The number of hydrogen-bond donors (Lipinski definition) is 1. The van der Waals surface area contributed by atoms with Crippen LogP contribution in [0.2, 0.25) is 0 Å². The summed E-state index contributed by atoms with van der Waals surface area (Å²) in [7, 11) is 3.40. The molecule has 0 saturated carbocycles. The topological polar surface area (TPSA) is 57.4 Å². The third kappa shape index (κ3) is 4.83. The molecule has 2 N–H and O–H groups in total. The van der Waals surface area contributed by atoms with Crippen LogP contribution in [0.1, 0.15) is 11.1 Å². The van der Waals surface area contributed by atoms with Gasteiger partial charge >= 0.3 is 0 Å². The molecule has 0 aliphatic rings. The number of halogens is 2. The Morgan fingerprint density at radius 2 is 1.52 bits per heavy atom. The van der Waals surface area contributed by atoms with Gasteiger partial charge in [-0.15, -0.1) is 24.8 Å². The summed E-state index contributed by atoms with van der Waals surface area (Å²) in [5.74, 6) is 0. The lowest BCUT2D eigenvalue weighted by molar-refractivity contribution is 0.168. The molecule has 25 heavy (non-hydrogen) atoms. The Hall–Kier alpha value is -1.85. The van der Waals surface area contributed by atoms with Crippen molar-refractivity contribution >= 4 is 41.3 Å². The van der Waals surface area contributed by atoms with Crippen LogP contribution in [0.5, 0.6) is 0 Å². The first-order valence-electron chi connectivity index (χ1n) is 7.46. The lowest BCUT2D eigenvalue weighted by atomic mass is 10.0. The van der Waals surface area contributed by atoms with E-state index in [0.717, 1.165) is 38.8 Å². The maximum atomic E-state index is 5.87. The Labute approximate surface area is 160 Å². The number of rotatable bonds is 5. The normalized spacial score (nSPS) is 10.2. The highest BCUT2D eigenvalue weighted by Crippen LogP contribution is 2.26. The van der Waals surface area contributed by atoms with Gasteiger partial charge < -0.3 is 15.2 Å². The first kappa shape index (κ1) is 21.2. The zero-order valence-electron chi connectivity index (χ0n) is 14.2. The van der Waals surface area contributed by atoms with Crippen LogP contribution < -0.4 is 5.73 Å². The molecule has 0 saturated heterocycles. The van der Waals surface area contributed by atoms with Crippen molar-refractivity contribution in [2.45, 2.75) is 13.2 Å². The molecule has 0 fully saturated rings. The molecule has 0 bridgehead atoms. The molecule has 1 heterocycles. The quantitative estimate of drug-likeness (QED) is 0.656. The third-order valence-electron chi connectivity index (χ3n) is 3.82. The summed E-state index contributed by atoms with van der Waals surface area (Å²) in [6.45, 7) is 1.12. The predicted molar refractivity (Wildman–Crippen MR) is 108 cm³/mol. The average molecular weight is 381 g/mol. The minimum Gasteiger partial charge on any atom is -0.399 e. The SMILES string of the molecule is COCc1cc2cnc(-c3cccc(N)c3)cc2cc1COC.Cl.Cl. The van der Waals surface area contributed by atoms with E-state index in [1.807, 2.05) is 30.5 Å². The van der Waals surface area contributed by atoms with Gasteiger partial charge in [0, 0.05) is 37.1 Å². The number of nitrogens with two attached hydrogens (primary N) is 1. The number of nitrogen functional groups attached to an aromatic ring is 1. The van der Waals surface area contributed by atoms with Crippen LogP contribution in [0.15, 0.2) is 48.7 Å². The van der Waals surface area contributed by atoms with Crippen molar-refractivity contribution < 1.29 is 9.47 Å². The first-order valence-corrected chi connectivity index (χ1v) is 7.46. The highest BCUT2D eigenvalue weighted by atomic mass is 35.5. The summed E-state index contributed by atoms with van der Waals surface area (Å²) in [6.07, 6.45) is 1.89. The average Bonchev–Trinajstić information content (AvgIpc) is 2.55. The van der Waals surface area contributed by atoms with E-state index >= 15 is 0 Å². The van der Waals surface area contributed by atoms with Crippen molar-refractivity contribution in [3.05, 3.63) is 59.8 Å². The summed E-state index contributed by atoms with van der Waals surface area (Å²) in [5, 5.41) is 2.22. The Balaban J connectivity index is 0.00000156. The molecular weight excluding hydrogens is 359 g/mol. The first-order chi connectivity index (χ1) is 11.2. The molecule has 6 heteroatoms. The van der Waals surface area contributed by atoms with E-state index in [0.29, 0.717) is 13.2 Å². The van der Waals surface area contributed by atoms with Crippen molar-refractivity contribution in [3.8, 4) is 11.3 Å². The summed E-state index contributed by atoms with van der Waals surface area (Å²) < 4.78 is 10.6. The van der Waals surface area contributed by atoms with E-state index in [2.05, 4.69) is 23.2 Å². The standard InChI is InChI=1S/C19H20N2O2.2ClH/c1-22-11-16-6-14-9-19(13-4-3-5-18(20)8-13)21-10-15(14)7-17(16)12-23-2;;/h3-10H,11-12,20H2,1-2H3;2*1H. The van der Waals surface area contributed by atoms with E-state index in [9.17, 15) is 0 Å². The lowest BCUT2D eigenvalue weighted by Crippen LogP contribution is -1.98. The van der Waals surface area contributed by atoms with Gasteiger partial charge in [-0.2, -0.15) is 0 Å². The van der Waals surface area contributed by atoms with Gasteiger partial charge in [0.05, 0.1) is 18.9 Å². The minimum absolute atomic E-state index is 0. The summed E-state index contributed by atoms with van der Waals surface area (Å²) in [4.78, 5) is 4.57. The van der Waals surface area contributed by atoms with Gasteiger partial charge in [-0.1, -0.05) is 12.1 Å². The van der Waals surface area contributed by atoms with Crippen LogP contribution in [-0.2, 0) is 22.7 Å². The van der Waals surface area contributed by atoms with Gasteiger partial charge in [-0.25, -0.2) is 0 Å². The second-order valence-corrected chi connectivity index (χ2v) is 5.53. The van der Waals surface area contributed by atoms with Gasteiger partial charge in [0.2, 0.25) is 0 Å². The molecule has 3 aromatic rings. The fourth-order valence-electron chi connectivity index (χ4n) is 2.72. The molecule has 3 rings (SSSR count). The molecule has 0 aliphatic heterocycles. The minimum atomic E-state index is 0. The molecule has 134 valence electrons. The predicted octanol–water partition coefficient (Wildman–Crippen LogP) is 4.62. The largest absolute Gasteiger partial charge is 0.399 e. The summed E-state index contributed by atoms with van der Waals surface area (Å²) in [5.41, 5.74) is 10.8. The fourth-order valence-corrected chi connectivity index (χ4v) is 2.72. The Morgan fingerprint density at radius 3 is 2.12 bits per heavy atom. The molecule has 0 atom stereocenters. The highest BCUT2D eigenvalue weighted by Gasteiger charge is 2.08. The molecule has 0 unspecified atom stereocenters. The van der Waals surface area contributed by atoms with E-state index in [-0.39, 0.29) is 24.8 Å². The van der Waals surface area contributed by atoms with E-state index < -0.39 is 0 Å². The van der Waals surface area contributed by atoms with E-state index in [1.165, 1.54) is 0 Å². The number of fused-ring (bicyclic) bond motifs is 1. The van der Waals surface area contributed by atoms with Crippen molar-refractivity contribution in [1.82, 2.24) is 4.98 Å². The van der Waals surface area contributed by atoms with Crippen LogP contribution in [-0.4, -0.2) is 19.2 Å². The van der Waals surface area contributed by atoms with Crippen molar-refractivity contribution in [3.63, 3.8) is 0 Å². The van der Waals surface area contributed by atoms with Gasteiger partial charge in [0.1, 0.15) is 0 Å². The molecule has 1 aromatic heterocycles. The molecule has 0 amide bonds. The number of aromatic nitrogens is 1. The number of benzene rings is 2. The van der Waals surface area contributed by atoms with Crippen LogP contribution in [0.4, 0.5) is 5.69 Å². The molecular formula is C19H22Cl2N2O2. The summed E-state index contributed by atoms with van der Waals surface area (Å²) in [6, 6.07) is 14.1. The van der Waals surface area contributed by atoms with Gasteiger partial charge in [-0.05, 0) is 46.8 Å². The Bertz CT molecular complexity index is 841. The number of pyridine rings is 1. The molecule has 0 aliphatic carbocycles. The zero-order valence-corrected chi connectivity index (χ0v) is 15.8. The molecule has 0 spiro atoms. The monoisotopic (exact) mass is 380 g/mol. The lowest BCUT2D eigenvalue weighted by Gasteiger charge is -2.11. The van der Waals surface area contributed by atoms with Crippen molar-refractivity contribution in [2.24, 2.45) is 0 Å². The highest BCUT2D eigenvalue weighted by molar-refractivity contribution is 5.87. The third-order valence-corrected chi connectivity index (χ3v) is 3.82. The van der Waals surface area contributed by atoms with Crippen LogP contribution >= 0.6 is 24.8 Å². The Morgan fingerprint density at radius 1 is 0.880 bits per heavy atom. The van der Waals surface area contributed by atoms with Crippen LogP contribution in [0, 0.1) is 0 Å². The molecule has 0 radical (unpaired) electrons. The van der Waals surface area contributed by atoms with Gasteiger partial charge in [0.25, 0.3) is 0 Å². The zero-order chi connectivity index (χ0) is 16.2. The maximum Gasteiger partial charge on any atom is 0.0716 e. The number of hydrogen-bond acceptors (Lipinski definition) is 4. The number of methoxy groups -OCH3 is 2.